The van der Waals surface area contributed by atoms with Crippen LogP contribution < -0.4 is 5.76 Å². The third kappa shape index (κ3) is 2.20. The van der Waals surface area contributed by atoms with E-state index in [0.29, 0.717) is 17.7 Å². The highest BCUT2D eigenvalue weighted by Gasteiger charge is 2.11. The van der Waals surface area contributed by atoms with Crippen molar-refractivity contribution in [3.05, 3.63) is 34.3 Å². The maximum Gasteiger partial charge on any atom is 0.419 e. The number of alkyl halides is 1. The number of hydrogen-bond donors (Lipinski definition) is 0. The van der Waals surface area contributed by atoms with Gasteiger partial charge in [0, 0.05) is 12.1 Å². The van der Waals surface area contributed by atoms with Gasteiger partial charge in [-0.05, 0) is 24.6 Å². The Balaban J connectivity index is 2.57. The van der Waals surface area contributed by atoms with Gasteiger partial charge in [-0.1, -0.05) is 22.9 Å². The number of nitrogens with zero attached hydrogens (tertiary/aromatic N) is 1. The van der Waals surface area contributed by atoms with Gasteiger partial charge in [-0.3, -0.25) is 9.36 Å². The van der Waals surface area contributed by atoms with Gasteiger partial charge in [0.2, 0.25) is 0 Å². The number of benzene rings is 1. The number of halogens is 1. The average Bonchev–Trinajstić information content (AvgIpc) is 2.64. The fourth-order valence-corrected chi connectivity index (χ4v) is 2.08. The molecule has 0 amide bonds. The van der Waals surface area contributed by atoms with Gasteiger partial charge in [0.15, 0.2) is 11.4 Å². The van der Waals surface area contributed by atoms with E-state index in [-0.39, 0.29) is 16.9 Å². The molecule has 0 atom stereocenters. The summed E-state index contributed by atoms with van der Waals surface area (Å²) in [7, 11) is 0. The van der Waals surface area contributed by atoms with Gasteiger partial charge in [0.1, 0.15) is 0 Å². The Labute approximate surface area is 106 Å². The van der Waals surface area contributed by atoms with Gasteiger partial charge in [-0.25, -0.2) is 4.79 Å². The Kier molecular flexibility index (Phi) is 3.47. The zero-order valence-electron chi connectivity index (χ0n) is 9.40. The Bertz CT molecular complexity index is 612. The van der Waals surface area contributed by atoms with E-state index in [9.17, 15) is 9.59 Å². The average molecular weight is 298 g/mol. The molecule has 4 nitrogen and oxygen atoms in total. The minimum absolute atomic E-state index is 0.0298. The molecule has 0 aliphatic carbocycles. The molecule has 0 aliphatic heterocycles. The second-order valence-corrected chi connectivity index (χ2v) is 4.32. The van der Waals surface area contributed by atoms with Crippen LogP contribution in [0, 0.1) is 0 Å². The van der Waals surface area contributed by atoms with Crippen molar-refractivity contribution in [3.63, 3.8) is 0 Å². The van der Waals surface area contributed by atoms with Crippen LogP contribution in [0.1, 0.15) is 23.7 Å². The largest absolute Gasteiger partial charge is 0.419 e. The highest BCUT2D eigenvalue weighted by molar-refractivity contribution is 9.09. The van der Waals surface area contributed by atoms with Crippen LogP contribution >= 0.6 is 15.9 Å². The molecule has 0 saturated heterocycles. The fraction of sp³-hybridized carbons (Fsp3) is 0.333. The first-order valence-electron chi connectivity index (χ1n) is 5.40. The summed E-state index contributed by atoms with van der Waals surface area (Å²) in [6.45, 7) is 2.62. The quantitative estimate of drug-likeness (QED) is 0.644. The molecule has 0 spiro atoms. The summed E-state index contributed by atoms with van der Waals surface area (Å²) in [4.78, 5) is 23.1. The molecule has 1 aromatic heterocycles. The van der Waals surface area contributed by atoms with Gasteiger partial charge in [0.25, 0.3) is 0 Å². The van der Waals surface area contributed by atoms with Crippen molar-refractivity contribution in [2.45, 2.75) is 19.9 Å². The maximum absolute atomic E-state index is 11.6. The number of Topliss-reactive ketones (excluding diaryl/α,β-unsaturated/α-hetero) is 1. The Morgan fingerprint density at radius 3 is 2.88 bits per heavy atom. The molecule has 0 N–H and O–H groups in total. The number of carbonyl (C=O) groups is 1. The molecular weight excluding hydrogens is 286 g/mol. The van der Waals surface area contributed by atoms with Crippen molar-refractivity contribution in [3.8, 4) is 0 Å². The SMILES string of the molecule is CCCn1c(=O)oc2cc(C(=O)CBr)ccc21. The second-order valence-electron chi connectivity index (χ2n) is 3.76. The number of carbonyl (C=O) groups excluding carboxylic acids is 1. The van der Waals surface area contributed by atoms with Gasteiger partial charge >= 0.3 is 5.76 Å². The molecule has 0 unspecified atom stereocenters. The molecule has 0 aliphatic rings. The molecule has 0 saturated carbocycles. The molecule has 1 heterocycles. The minimum Gasteiger partial charge on any atom is -0.408 e. The number of rotatable bonds is 4. The Morgan fingerprint density at radius 2 is 2.24 bits per heavy atom. The lowest BCUT2D eigenvalue weighted by molar-refractivity contribution is 0.102. The van der Waals surface area contributed by atoms with E-state index in [1.165, 1.54) is 0 Å². The van der Waals surface area contributed by atoms with E-state index < -0.39 is 0 Å². The van der Waals surface area contributed by atoms with Crippen molar-refractivity contribution in [1.82, 2.24) is 4.57 Å². The Morgan fingerprint density at radius 1 is 1.47 bits per heavy atom. The molecule has 0 fully saturated rings. The molecular formula is C12H12BrNO3. The summed E-state index contributed by atoms with van der Waals surface area (Å²) in [6, 6.07) is 5.09. The molecule has 0 radical (unpaired) electrons. The molecule has 5 heteroatoms. The number of fused-ring (bicyclic) bond motifs is 1. The van der Waals surface area contributed by atoms with Crippen LogP contribution in [0.2, 0.25) is 0 Å². The smallest absolute Gasteiger partial charge is 0.408 e. The third-order valence-corrected chi connectivity index (χ3v) is 3.07. The lowest BCUT2D eigenvalue weighted by Gasteiger charge is -1.99. The summed E-state index contributed by atoms with van der Waals surface area (Å²) in [5, 5.41) is 0.262. The molecule has 90 valence electrons. The van der Waals surface area contributed by atoms with Crippen LogP contribution in [-0.2, 0) is 6.54 Å². The lowest BCUT2D eigenvalue weighted by Crippen LogP contribution is -2.13. The first-order chi connectivity index (χ1) is 8.17. The monoisotopic (exact) mass is 297 g/mol. The van der Waals surface area contributed by atoms with Crippen LogP contribution in [-0.4, -0.2) is 15.7 Å². The van der Waals surface area contributed by atoms with Crippen molar-refractivity contribution in [1.29, 1.82) is 0 Å². The molecule has 17 heavy (non-hydrogen) atoms. The van der Waals surface area contributed by atoms with E-state index in [4.69, 9.17) is 4.42 Å². The number of ketones is 1. The molecule has 2 aromatic rings. The van der Waals surface area contributed by atoms with Crippen LogP contribution in [0.5, 0.6) is 0 Å². The highest BCUT2D eigenvalue weighted by Crippen LogP contribution is 2.16. The van der Waals surface area contributed by atoms with E-state index in [2.05, 4.69) is 15.9 Å². The number of aromatic nitrogens is 1. The van der Waals surface area contributed by atoms with Crippen molar-refractivity contribution in [2.24, 2.45) is 0 Å². The number of oxazole rings is 1. The van der Waals surface area contributed by atoms with E-state index in [1.54, 1.807) is 22.8 Å². The highest BCUT2D eigenvalue weighted by atomic mass is 79.9. The number of aryl methyl sites for hydroxylation is 1. The first kappa shape index (κ1) is 12.1. The summed E-state index contributed by atoms with van der Waals surface area (Å²) in [6.07, 6.45) is 0.858. The van der Waals surface area contributed by atoms with Gasteiger partial charge in [-0.2, -0.15) is 0 Å². The first-order valence-corrected chi connectivity index (χ1v) is 6.52. The van der Waals surface area contributed by atoms with E-state index in [0.717, 1.165) is 11.9 Å². The van der Waals surface area contributed by atoms with Gasteiger partial charge in [-0.15, -0.1) is 0 Å². The van der Waals surface area contributed by atoms with Crippen molar-refractivity contribution < 1.29 is 9.21 Å². The van der Waals surface area contributed by atoms with E-state index in [1.807, 2.05) is 6.92 Å². The van der Waals surface area contributed by atoms with Gasteiger partial charge < -0.3 is 4.42 Å². The zero-order chi connectivity index (χ0) is 12.4. The molecule has 1 aromatic carbocycles. The zero-order valence-corrected chi connectivity index (χ0v) is 11.0. The second kappa shape index (κ2) is 4.87. The third-order valence-electron chi connectivity index (χ3n) is 2.56. The summed E-state index contributed by atoms with van der Waals surface area (Å²) >= 11 is 3.11. The molecule has 0 bridgehead atoms. The molecule has 2 rings (SSSR count). The lowest BCUT2D eigenvalue weighted by atomic mass is 10.1. The van der Waals surface area contributed by atoms with Crippen LogP contribution in [0.4, 0.5) is 0 Å². The standard InChI is InChI=1S/C12H12BrNO3/c1-2-5-14-9-4-3-8(10(15)7-13)6-11(9)17-12(14)16/h3-4,6H,2,5,7H2,1H3. The fourth-order valence-electron chi connectivity index (χ4n) is 1.75. The summed E-state index contributed by atoms with van der Waals surface area (Å²) in [5.41, 5.74) is 1.75. The normalized spacial score (nSPS) is 10.9. The van der Waals surface area contributed by atoms with Crippen molar-refractivity contribution >= 4 is 32.8 Å². The number of hydrogen-bond acceptors (Lipinski definition) is 3. The predicted molar refractivity (Wildman–Crippen MR) is 68.9 cm³/mol. The summed E-state index contributed by atoms with van der Waals surface area (Å²) in [5.74, 6) is -0.400. The minimum atomic E-state index is -0.370. The maximum atomic E-state index is 11.6. The summed E-state index contributed by atoms with van der Waals surface area (Å²) < 4.78 is 6.71. The van der Waals surface area contributed by atoms with Crippen LogP contribution in [0.15, 0.2) is 27.4 Å². The van der Waals surface area contributed by atoms with Crippen LogP contribution in [0.3, 0.4) is 0 Å². The Hall–Kier alpha value is -1.36. The van der Waals surface area contributed by atoms with E-state index >= 15 is 0 Å². The van der Waals surface area contributed by atoms with Crippen molar-refractivity contribution in [2.75, 3.05) is 5.33 Å². The topological polar surface area (TPSA) is 52.2 Å². The van der Waals surface area contributed by atoms with Crippen LogP contribution in [0.25, 0.3) is 11.1 Å². The predicted octanol–water partition coefficient (Wildman–Crippen LogP) is 2.58. The van der Waals surface area contributed by atoms with Gasteiger partial charge in [0.05, 0.1) is 10.8 Å².